The Morgan fingerprint density at radius 1 is 1.05 bits per heavy atom. The monoisotopic (exact) mass is 286 g/mol. The van der Waals surface area contributed by atoms with Gasteiger partial charge in [0.2, 0.25) is 0 Å². The zero-order chi connectivity index (χ0) is 14.5. The number of nitrogens with zero attached hydrogens (tertiary/aromatic N) is 2. The number of benzene rings is 1. The van der Waals surface area contributed by atoms with Crippen molar-refractivity contribution < 1.29 is 4.79 Å². The lowest BCUT2D eigenvalue weighted by Crippen LogP contribution is -2.02. The highest BCUT2D eigenvalue weighted by Crippen LogP contribution is 2.18. The van der Waals surface area contributed by atoms with Gasteiger partial charge in [0.05, 0.1) is 0 Å². The van der Waals surface area contributed by atoms with Crippen molar-refractivity contribution in [3.8, 4) is 0 Å². The number of carbonyl (C=O) groups is 1. The van der Waals surface area contributed by atoms with Crippen LogP contribution in [0.1, 0.15) is 33.7 Å². The first-order valence-electron chi connectivity index (χ1n) is 6.61. The van der Waals surface area contributed by atoms with E-state index in [1.54, 1.807) is 0 Å². The molecule has 4 heteroatoms. The van der Waals surface area contributed by atoms with Gasteiger partial charge in [-0.2, -0.15) is 0 Å². The van der Waals surface area contributed by atoms with Crippen molar-refractivity contribution >= 4 is 17.5 Å². The first kappa shape index (κ1) is 14.7. The van der Waals surface area contributed by atoms with Crippen LogP contribution in [0.25, 0.3) is 0 Å². The molecule has 1 aromatic carbocycles. The number of hydrogen-bond acceptors (Lipinski definition) is 4. The average molecular weight is 286 g/mol. The molecule has 104 valence electrons. The highest BCUT2D eigenvalue weighted by atomic mass is 32.2. The standard InChI is InChI=1S/C16H18N2OS/c1-11-12(2)17-16(18-13(11)3)20-10-9-15(19)14-7-5-4-6-8-14/h4-8H,9-10H2,1-3H3. The van der Waals surface area contributed by atoms with Gasteiger partial charge in [0, 0.05) is 29.1 Å². The van der Waals surface area contributed by atoms with Crippen LogP contribution in [0.15, 0.2) is 35.5 Å². The fourth-order valence-electron chi connectivity index (χ4n) is 1.81. The van der Waals surface area contributed by atoms with E-state index in [0.29, 0.717) is 12.2 Å². The molecule has 2 aromatic rings. The summed E-state index contributed by atoms with van der Waals surface area (Å²) in [5, 5.41) is 0.756. The molecule has 0 aliphatic carbocycles. The summed E-state index contributed by atoms with van der Waals surface area (Å²) in [6.45, 7) is 6.00. The van der Waals surface area contributed by atoms with E-state index in [-0.39, 0.29) is 5.78 Å². The van der Waals surface area contributed by atoms with Crippen LogP contribution in [-0.2, 0) is 0 Å². The van der Waals surface area contributed by atoms with Crippen molar-refractivity contribution in [3.05, 3.63) is 52.8 Å². The molecule has 2 rings (SSSR count). The van der Waals surface area contributed by atoms with Crippen molar-refractivity contribution in [1.29, 1.82) is 0 Å². The van der Waals surface area contributed by atoms with E-state index in [1.807, 2.05) is 51.1 Å². The van der Waals surface area contributed by atoms with Gasteiger partial charge in [0.1, 0.15) is 0 Å². The maximum atomic E-state index is 12.0. The second-order valence-electron chi connectivity index (χ2n) is 4.69. The molecule has 0 unspecified atom stereocenters. The van der Waals surface area contributed by atoms with Crippen molar-refractivity contribution in [2.24, 2.45) is 0 Å². The van der Waals surface area contributed by atoms with E-state index in [4.69, 9.17) is 0 Å². The van der Waals surface area contributed by atoms with Gasteiger partial charge in [-0.05, 0) is 26.3 Å². The van der Waals surface area contributed by atoms with Gasteiger partial charge in [-0.3, -0.25) is 4.79 Å². The van der Waals surface area contributed by atoms with Crippen LogP contribution >= 0.6 is 11.8 Å². The largest absolute Gasteiger partial charge is 0.294 e. The van der Waals surface area contributed by atoms with Gasteiger partial charge in [-0.25, -0.2) is 9.97 Å². The zero-order valence-corrected chi connectivity index (χ0v) is 12.8. The minimum atomic E-state index is 0.165. The van der Waals surface area contributed by atoms with E-state index < -0.39 is 0 Å². The molecule has 0 saturated carbocycles. The molecular weight excluding hydrogens is 268 g/mol. The summed E-state index contributed by atoms with van der Waals surface area (Å²) in [6.07, 6.45) is 0.504. The minimum absolute atomic E-state index is 0.165. The second-order valence-corrected chi connectivity index (χ2v) is 5.75. The fourth-order valence-corrected chi connectivity index (χ4v) is 2.68. The lowest BCUT2D eigenvalue weighted by molar-refractivity contribution is 0.0989. The molecule has 1 aromatic heterocycles. The van der Waals surface area contributed by atoms with Crippen LogP contribution in [0, 0.1) is 20.8 Å². The van der Waals surface area contributed by atoms with E-state index >= 15 is 0 Å². The third kappa shape index (κ3) is 3.67. The Hall–Kier alpha value is -1.68. The molecular formula is C16H18N2OS. The fraction of sp³-hybridized carbons (Fsp3) is 0.312. The van der Waals surface area contributed by atoms with Crippen LogP contribution in [0.2, 0.25) is 0 Å². The molecule has 0 spiro atoms. The molecule has 3 nitrogen and oxygen atoms in total. The number of ketones is 1. The minimum Gasteiger partial charge on any atom is -0.294 e. The maximum Gasteiger partial charge on any atom is 0.188 e. The Kier molecular flexibility index (Phi) is 4.90. The highest BCUT2D eigenvalue weighted by Gasteiger charge is 2.08. The topological polar surface area (TPSA) is 42.9 Å². The number of Topliss-reactive ketones (excluding diaryl/α,β-unsaturated/α-hetero) is 1. The Labute approximate surface area is 123 Å². The summed E-state index contributed by atoms with van der Waals surface area (Å²) in [5.74, 6) is 0.869. The first-order chi connectivity index (χ1) is 9.58. The van der Waals surface area contributed by atoms with Crippen molar-refractivity contribution in [1.82, 2.24) is 9.97 Å². The number of thioether (sulfide) groups is 1. The van der Waals surface area contributed by atoms with Crippen molar-refractivity contribution in [3.63, 3.8) is 0 Å². The molecule has 0 N–H and O–H groups in total. The summed E-state index contributed by atoms with van der Waals surface area (Å²) >= 11 is 1.54. The Morgan fingerprint density at radius 2 is 1.65 bits per heavy atom. The van der Waals surface area contributed by atoms with E-state index in [0.717, 1.165) is 27.7 Å². The molecule has 0 saturated heterocycles. The second kappa shape index (κ2) is 6.66. The lowest BCUT2D eigenvalue weighted by atomic mass is 10.1. The predicted molar refractivity (Wildman–Crippen MR) is 82.4 cm³/mol. The summed E-state index contributed by atoms with van der Waals surface area (Å²) in [6, 6.07) is 9.39. The molecule has 0 atom stereocenters. The smallest absolute Gasteiger partial charge is 0.188 e. The quantitative estimate of drug-likeness (QED) is 0.477. The molecule has 1 heterocycles. The SMILES string of the molecule is Cc1nc(SCCC(=O)c2ccccc2)nc(C)c1C. The Bertz CT molecular complexity index is 588. The number of aryl methyl sites for hydroxylation is 2. The van der Waals surface area contributed by atoms with E-state index in [2.05, 4.69) is 9.97 Å². The molecule has 0 aliphatic heterocycles. The third-order valence-electron chi connectivity index (χ3n) is 3.27. The van der Waals surface area contributed by atoms with Crippen LogP contribution in [0.4, 0.5) is 0 Å². The van der Waals surface area contributed by atoms with Gasteiger partial charge in [-0.15, -0.1) is 0 Å². The first-order valence-corrected chi connectivity index (χ1v) is 7.59. The number of aromatic nitrogens is 2. The summed E-state index contributed by atoms with van der Waals surface area (Å²) in [7, 11) is 0. The van der Waals surface area contributed by atoms with Crippen molar-refractivity contribution in [2.45, 2.75) is 32.3 Å². The molecule has 0 bridgehead atoms. The van der Waals surface area contributed by atoms with Gasteiger partial charge in [0.25, 0.3) is 0 Å². The third-order valence-corrected chi connectivity index (χ3v) is 4.12. The average Bonchev–Trinajstić information content (AvgIpc) is 2.45. The predicted octanol–water partition coefficient (Wildman–Crippen LogP) is 3.77. The van der Waals surface area contributed by atoms with Crippen LogP contribution in [-0.4, -0.2) is 21.5 Å². The molecule has 0 amide bonds. The lowest BCUT2D eigenvalue weighted by Gasteiger charge is -2.06. The van der Waals surface area contributed by atoms with E-state index in [1.165, 1.54) is 11.8 Å². The van der Waals surface area contributed by atoms with Gasteiger partial charge in [0.15, 0.2) is 10.9 Å². The molecule has 20 heavy (non-hydrogen) atoms. The molecule has 0 radical (unpaired) electrons. The number of rotatable bonds is 5. The Morgan fingerprint density at radius 3 is 2.25 bits per heavy atom. The number of carbonyl (C=O) groups excluding carboxylic acids is 1. The van der Waals surface area contributed by atoms with E-state index in [9.17, 15) is 4.79 Å². The van der Waals surface area contributed by atoms with Crippen LogP contribution in [0.3, 0.4) is 0 Å². The summed E-state index contributed by atoms with van der Waals surface area (Å²) in [4.78, 5) is 20.9. The zero-order valence-electron chi connectivity index (χ0n) is 12.0. The summed E-state index contributed by atoms with van der Waals surface area (Å²) < 4.78 is 0. The van der Waals surface area contributed by atoms with Gasteiger partial charge >= 0.3 is 0 Å². The normalized spacial score (nSPS) is 10.6. The maximum absolute atomic E-state index is 12.0. The number of hydrogen-bond donors (Lipinski definition) is 0. The highest BCUT2D eigenvalue weighted by molar-refractivity contribution is 7.99. The van der Waals surface area contributed by atoms with Crippen LogP contribution < -0.4 is 0 Å². The molecule has 0 fully saturated rings. The molecule has 0 aliphatic rings. The van der Waals surface area contributed by atoms with Crippen molar-refractivity contribution in [2.75, 3.05) is 5.75 Å². The van der Waals surface area contributed by atoms with Gasteiger partial charge in [-0.1, -0.05) is 42.1 Å². The Balaban J connectivity index is 1.92. The summed E-state index contributed by atoms with van der Waals surface area (Å²) in [5.41, 5.74) is 3.92. The van der Waals surface area contributed by atoms with Gasteiger partial charge < -0.3 is 0 Å². The van der Waals surface area contributed by atoms with Crippen LogP contribution in [0.5, 0.6) is 0 Å².